The van der Waals surface area contributed by atoms with Crippen LogP contribution in [0.3, 0.4) is 0 Å². The normalized spacial score (nSPS) is 12.6. The summed E-state index contributed by atoms with van der Waals surface area (Å²) in [5.74, 6) is 0.970. The van der Waals surface area contributed by atoms with Gasteiger partial charge >= 0.3 is 0 Å². The molecule has 4 nitrogen and oxygen atoms in total. The molecule has 0 saturated heterocycles. The van der Waals surface area contributed by atoms with Gasteiger partial charge in [0.15, 0.2) is 0 Å². The zero-order valence-electron chi connectivity index (χ0n) is 21.9. The number of carbonyl (C=O) groups is 2. The van der Waals surface area contributed by atoms with E-state index in [2.05, 4.69) is 44.3 Å². The van der Waals surface area contributed by atoms with E-state index in [1.54, 1.807) is 16.7 Å². The topological polar surface area (TPSA) is 49.4 Å². The van der Waals surface area contributed by atoms with Gasteiger partial charge in [0.25, 0.3) is 0 Å². The zero-order valence-corrected chi connectivity index (χ0v) is 22.7. The lowest BCUT2D eigenvalue weighted by atomic mass is 10.0. The molecule has 0 aliphatic heterocycles. The van der Waals surface area contributed by atoms with Crippen molar-refractivity contribution in [3.63, 3.8) is 0 Å². The number of carbonyl (C=O) groups excluding carboxylic acids is 2. The molecule has 2 amide bonds. The number of benzene rings is 3. The first-order valence-electron chi connectivity index (χ1n) is 12.7. The quantitative estimate of drug-likeness (QED) is 0.326. The Hall–Kier alpha value is -3.05. The van der Waals surface area contributed by atoms with Crippen molar-refractivity contribution in [1.29, 1.82) is 0 Å². The number of nitrogens with zero attached hydrogens (tertiary/aromatic N) is 1. The summed E-state index contributed by atoms with van der Waals surface area (Å²) in [5, 5.41) is 3.14. The van der Waals surface area contributed by atoms with Gasteiger partial charge in [0.2, 0.25) is 11.8 Å². The van der Waals surface area contributed by atoms with Crippen LogP contribution in [0.1, 0.15) is 48.1 Å². The fraction of sp³-hybridized carbons (Fsp3) is 0.355. The van der Waals surface area contributed by atoms with Gasteiger partial charge in [-0.05, 0) is 55.0 Å². The summed E-state index contributed by atoms with van der Waals surface area (Å²) in [4.78, 5) is 29.1. The van der Waals surface area contributed by atoms with Crippen LogP contribution >= 0.6 is 11.8 Å². The molecule has 0 aliphatic rings. The second-order valence-corrected chi connectivity index (χ2v) is 10.4. The Bertz CT molecular complexity index is 1130. The van der Waals surface area contributed by atoms with Crippen LogP contribution in [0.5, 0.6) is 0 Å². The van der Waals surface area contributed by atoms with Gasteiger partial charge < -0.3 is 10.2 Å². The third-order valence-corrected chi connectivity index (χ3v) is 7.58. The maximum absolute atomic E-state index is 13.8. The smallest absolute Gasteiger partial charge is 0.243 e. The molecule has 0 bridgehead atoms. The van der Waals surface area contributed by atoms with Gasteiger partial charge in [0.1, 0.15) is 6.04 Å². The number of nitrogens with one attached hydrogen (secondary N) is 1. The number of hydrogen-bond acceptors (Lipinski definition) is 3. The van der Waals surface area contributed by atoms with Crippen molar-refractivity contribution in [2.24, 2.45) is 0 Å². The monoisotopic (exact) mass is 502 g/mol. The zero-order chi connectivity index (χ0) is 25.9. The second kappa shape index (κ2) is 13.9. The van der Waals surface area contributed by atoms with Crippen molar-refractivity contribution >= 4 is 23.6 Å². The Kier molecular flexibility index (Phi) is 10.6. The van der Waals surface area contributed by atoms with Gasteiger partial charge in [0, 0.05) is 24.8 Å². The number of hydrogen-bond donors (Lipinski definition) is 1. The largest absolute Gasteiger partial charge is 0.352 e. The van der Waals surface area contributed by atoms with Gasteiger partial charge in [-0.1, -0.05) is 85.8 Å². The SMILES string of the molecule is CC[C@@H](C)NC(=O)[C@@H](Cc1ccccc1)N(Cc1ccccc1C)C(=O)CSCc1ccccc1C. The van der Waals surface area contributed by atoms with Crippen LogP contribution in [-0.4, -0.2) is 34.6 Å². The molecule has 190 valence electrons. The standard InChI is InChI=1S/C31H38N2O2S/c1-5-25(4)32-31(35)29(19-26-15-7-6-8-16-26)33(20-27-17-11-9-13-23(27)2)30(34)22-36-21-28-18-12-10-14-24(28)3/h6-18,25,29H,5,19-22H2,1-4H3,(H,32,35)/t25-,29-/m1/s1. The molecule has 3 aromatic carbocycles. The van der Waals surface area contributed by atoms with E-state index in [0.717, 1.165) is 28.9 Å². The van der Waals surface area contributed by atoms with Crippen molar-refractivity contribution in [2.75, 3.05) is 5.75 Å². The van der Waals surface area contributed by atoms with Crippen molar-refractivity contribution in [3.8, 4) is 0 Å². The molecule has 0 radical (unpaired) electrons. The first-order chi connectivity index (χ1) is 17.4. The van der Waals surface area contributed by atoms with E-state index in [1.807, 2.05) is 67.6 Å². The van der Waals surface area contributed by atoms with Crippen LogP contribution in [-0.2, 0) is 28.3 Å². The highest BCUT2D eigenvalue weighted by molar-refractivity contribution is 7.99. The van der Waals surface area contributed by atoms with Crippen molar-refractivity contribution < 1.29 is 9.59 Å². The van der Waals surface area contributed by atoms with E-state index in [4.69, 9.17) is 0 Å². The minimum atomic E-state index is -0.590. The molecule has 0 heterocycles. The highest BCUT2D eigenvalue weighted by Crippen LogP contribution is 2.21. The Morgan fingerprint density at radius 3 is 2.06 bits per heavy atom. The summed E-state index contributed by atoms with van der Waals surface area (Å²) in [6.45, 7) is 8.61. The third-order valence-electron chi connectivity index (χ3n) is 6.62. The molecule has 2 atom stereocenters. The lowest BCUT2D eigenvalue weighted by Crippen LogP contribution is -2.52. The fourth-order valence-corrected chi connectivity index (χ4v) is 5.06. The lowest BCUT2D eigenvalue weighted by Gasteiger charge is -2.32. The summed E-state index contributed by atoms with van der Waals surface area (Å²) in [5.41, 5.74) is 5.67. The van der Waals surface area contributed by atoms with Gasteiger partial charge in [-0.15, -0.1) is 11.8 Å². The van der Waals surface area contributed by atoms with E-state index in [0.29, 0.717) is 18.7 Å². The van der Waals surface area contributed by atoms with Crippen LogP contribution in [0.2, 0.25) is 0 Å². The van der Waals surface area contributed by atoms with Gasteiger partial charge in [0.05, 0.1) is 5.75 Å². The Morgan fingerprint density at radius 1 is 0.861 bits per heavy atom. The van der Waals surface area contributed by atoms with Crippen LogP contribution in [0.25, 0.3) is 0 Å². The van der Waals surface area contributed by atoms with Gasteiger partial charge in [-0.25, -0.2) is 0 Å². The highest BCUT2D eigenvalue weighted by Gasteiger charge is 2.31. The van der Waals surface area contributed by atoms with E-state index >= 15 is 0 Å². The molecule has 5 heteroatoms. The predicted octanol–water partition coefficient (Wildman–Crippen LogP) is 6.09. The van der Waals surface area contributed by atoms with Crippen LogP contribution in [0, 0.1) is 13.8 Å². The molecule has 0 spiro atoms. The summed E-state index contributed by atoms with van der Waals surface area (Å²) >= 11 is 1.60. The Morgan fingerprint density at radius 2 is 1.44 bits per heavy atom. The number of thioether (sulfide) groups is 1. The summed E-state index contributed by atoms with van der Waals surface area (Å²) in [7, 11) is 0. The van der Waals surface area contributed by atoms with E-state index in [-0.39, 0.29) is 17.9 Å². The lowest BCUT2D eigenvalue weighted by molar-refractivity contribution is -0.139. The number of rotatable bonds is 12. The Balaban J connectivity index is 1.87. The molecule has 1 N–H and O–H groups in total. The summed E-state index contributed by atoms with van der Waals surface area (Å²) in [6.07, 6.45) is 1.31. The van der Waals surface area contributed by atoms with Crippen LogP contribution < -0.4 is 5.32 Å². The number of aryl methyl sites for hydroxylation is 2. The molecular weight excluding hydrogens is 464 g/mol. The minimum absolute atomic E-state index is 0.0166. The van der Waals surface area contributed by atoms with Crippen LogP contribution in [0.4, 0.5) is 0 Å². The first kappa shape index (κ1) is 27.5. The van der Waals surface area contributed by atoms with Crippen molar-refractivity contribution in [1.82, 2.24) is 10.2 Å². The molecular formula is C31H38N2O2S. The third kappa shape index (κ3) is 7.99. The molecule has 0 fully saturated rings. The van der Waals surface area contributed by atoms with Crippen molar-refractivity contribution in [2.45, 2.75) is 64.9 Å². The van der Waals surface area contributed by atoms with E-state index in [9.17, 15) is 9.59 Å². The molecule has 0 aliphatic carbocycles. The molecule has 3 rings (SSSR count). The maximum atomic E-state index is 13.8. The Labute approximate surface area is 220 Å². The predicted molar refractivity (Wildman–Crippen MR) is 151 cm³/mol. The first-order valence-corrected chi connectivity index (χ1v) is 13.8. The van der Waals surface area contributed by atoms with E-state index < -0.39 is 6.04 Å². The second-order valence-electron chi connectivity index (χ2n) is 9.39. The van der Waals surface area contributed by atoms with Gasteiger partial charge in [-0.2, -0.15) is 0 Å². The minimum Gasteiger partial charge on any atom is -0.352 e. The number of amides is 2. The van der Waals surface area contributed by atoms with Crippen LogP contribution in [0.15, 0.2) is 78.9 Å². The molecule has 36 heavy (non-hydrogen) atoms. The summed E-state index contributed by atoms with van der Waals surface area (Å²) in [6, 6.07) is 25.8. The molecule has 3 aromatic rings. The molecule has 0 saturated carbocycles. The van der Waals surface area contributed by atoms with Gasteiger partial charge in [-0.3, -0.25) is 9.59 Å². The molecule has 0 aromatic heterocycles. The average molecular weight is 503 g/mol. The van der Waals surface area contributed by atoms with E-state index in [1.165, 1.54) is 11.1 Å². The molecule has 0 unspecified atom stereocenters. The fourth-order valence-electron chi connectivity index (χ4n) is 4.07. The average Bonchev–Trinajstić information content (AvgIpc) is 2.88. The maximum Gasteiger partial charge on any atom is 0.243 e. The van der Waals surface area contributed by atoms with Crippen molar-refractivity contribution in [3.05, 3.63) is 107 Å². The highest BCUT2D eigenvalue weighted by atomic mass is 32.2. The summed E-state index contributed by atoms with van der Waals surface area (Å²) < 4.78 is 0.